The smallest absolute Gasteiger partial charge is 0.374 e. The molecule has 20 heavy (non-hydrogen) atoms. The first-order chi connectivity index (χ1) is 9.74. The zero-order valence-electron chi connectivity index (χ0n) is 10.5. The van der Waals surface area contributed by atoms with Crippen LogP contribution in [-0.4, -0.2) is 16.2 Å². The highest BCUT2D eigenvalue weighted by molar-refractivity contribution is 7.13. The van der Waals surface area contributed by atoms with Crippen LogP contribution in [0, 0.1) is 0 Å². The summed E-state index contributed by atoms with van der Waals surface area (Å²) in [6.45, 7) is 1.66. The maximum atomic E-state index is 11.7. The Kier molecular flexibility index (Phi) is 3.34. The van der Waals surface area contributed by atoms with E-state index < -0.39 is 12.1 Å². The van der Waals surface area contributed by atoms with Gasteiger partial charge in [0.15, 0.2) is 6.10 Å². The molecule has 0 aliphatic rings. The van der Waals surface area contributed by atoms with E-state index in [4.69, 9.17) is 13.6 Å². The van der Waals surface area contributed by atoms with E-state index in [9.17, 15) is 4.79 Å². The third-order valence-corrected chi connectivity index (χ3v) is 3.38. The summed E-state index contributed by atoms with van der Waals surface area (Å²) in [5.74, 6) is 0.220. The predicted octanol–water partition coefficient (Wildman–Crippen LogP) is 3.31. The highest BCUT2D eigenvalue weighted by Crippen LogP contribution is 2.26. The lowest BCUT2D eigenvalue weighted by atomic mass is 10.4. The molecule has 0 saturated carbocycles. The minimum Gasteiger partial charge on any atom is -0.457 e. The number of furan rings is 1. The first-order valence-electron chi connectivity index (χ1n) is 5.86. The van der Waals surface area contributed by atoms with Crippen molar-refractivity contribution in [1.82, 2.24) is 10.2 Å². The second-order valence-corrected chi connectivity index (χ2v) is 4.90. The van der Waals surface area contributed by atoms with E-state index in [1.807, 2.05) is 17.5 Å². The van der Waals surface area contributed by atoms with Crippen molar-refractivity contribution in [2.75, 3.05) is 0 Å². The number of esters is 1. The molecule has 0 radical (unpaired) electrons. The summed E-state index contributed by atoms with van der Waals surface area (Å²) in [4.78, 5) is 12.6. The van der Waals surface area contributed by atoms with Gasteiger partial charge in [0.2, 0.25) is 5.76 Å². The Balaban J connectivity index is 1.71. The quantitative estimate of drug-likeness (QED) is 0.686. The van der Waals surface area contributed by atoms with Gasteiger partial charge in [-0.25, -0.2) is 4.79 Å². The first kappa shape index (κ1) is 12.6. The number of ether oxygens (including phenoxy) is 1. The first-order valence-corrected chi connectivity index (χ1v) is 6.74. The van der Waals surface area contributed by atoms with E-state index in [1.165, 1.54) is 23.7 Å². The summed E-state index contributed by atoms with van der Waals surface area (Å²) < 4.78 is 15.6. The van der Waals surface area contributed by atoms with Crippen LogP contribution in [-0.2, 0) is 4.74 Å². The molecular weight excluding hydrogens is 280 g/mol. The fourth-order valence-corrected chi connectivity index (χ4v) is 2.21. The van der Waals surface area contributed by atoms with Crippen LogP contribution in [0.3, 0.4) is 0 Å². The average molecular weight is 290 g/mol. The molecule has 7 heteroatoms. The Hall–Kier alpha value is -2.41. The Morgan fingerprint density at radius 3 is 2.95 bits per heavy atom. The second kappa shape index (κ2) is 5.30. The minimum atomic E-state index is -0.645. The van der Waals surface area contributed by atoms with Crippen molar-refractivity contribution in [3.05, 3.63) is 47.6 Å². The van der Waals surface area contributed by atoms with Crippen molar-refractivity contribution in [3.63, 3.8) is 0 Å². The largest absolute Gasteiger partial charge is 0.457 e. The molecule has 102 valence electrons. The number of carbonyl (C=O) groups excluding carboxylic acids is 1. The van der Waals surface area contributed by atoms with Gasteiger partial charge in [0.1, 0.15) is 0 Å². The second-order valence-electron chi connectivity index (χ2n) is 3.95. The molecular formula is C13H10N2O4S. The molecule has 0 aliphatic carbocycles. The van der Waals surface area contributed by atoms with Gasteiger partial charge in [-0.15, -0.1) is 21.5 Å². The molecule has 3 aromatic heterocycles. The summed E-state index contributed by atoms with van der Waals surface area (Å²) in [7, 11) is 0. The summed E-state index contributed by atoms with van der Waals surface area (Å²) in [5, 5.41) is 9.73. The van der Waals surface area contributed by atoms with Crippen LogP contribution in [0.25, 0.3) is 10.8 Å². The van der Waals surface area contributed by atoms with Gasteiger partial charge in [0.05, 0.1) is 11.1 Å². The molecule has 0 N–H and O–H groups in total. The molecule has 0 aromatic carbocycles. The van der Waals surface area contributed by atoms with E-state index in [0.717, 1.165) is 4.88 Å². The van der Waals surface area contributed by atoms with Gasteiger partial charge in [0, 0.05) is 0 Å². The minimum absolute atomic E-state index is 0.134. The van der Waals surface area contributed by atoms with Crippen molar-refractivity contribution in [2.24, 2.45) is 0 Å². The molecule has 0 unspecified atom stereocenters. The highest BCUT2D eigenvalue weighted by atomic mass is 32.1. The molecule has 3 heterocycles. The molecule has 0 fully saturated rings. The molecule has 0 bridgehead atoms. The number of hydrogen-bond acceptors (Lipinski definition) is 7. The Bertz CT molecular complexity index is 688. The van der Waals surface area contributed by atoms with Gasteiger partial charge < -0.3 is 13.6 Å². The summed E-state index contributed by atoms with van der Waals surface area (Å²) in [6, 6.07) is 6.91. The van der Waals surface area contributed by atoms with Crippen molar-refractivity contribution in [3.8, 4) is 10.8 Å². The van der Waals surface area contributed by atoms with E-state index >= 15 is 0 Å². The molecule has 6 nitrogen and oxygen atoms in total. The van der Waals surface area contributed by atoms with Crippen LogP contribution in [0.4, 0.5) is 0 Å². The number of rotatable bonds is 4. The van der Waals surface area contributed by atoms with Crippen molar-refractivity contribution in [2.45, 2.75) is 13.0 Å². The summed E-state index contributed by atoms with van der Waals surface area (Å²) in [5.41, 5.74) is 0. The lowest BCUT2D eigenvalue weighted by molar-refractivity contribution is 0.0244. The maximum Gasteiger partial charge on any atom is 0.374 e. The molecule has 0 spiro atoms. The van der Waals surface area contributed by atoms with Crippen LogP contribution < -0.4 is 0 Å². The van der Waals surface area contributed by atoms with E-state index in [1.54, 1.807) is 13.0 Å². The van der Waals surface area contributed by atoms with Gasteiger partial charge >= 0.3 is 5.97 Å². The Morgan fingerprint density at radius 2 is 2.25 bits per heavy atom. The molecule has 0 saturated heterocycles. The molecule has 0 amide bonds. The van der Waals surface area contributed by atoms with Crippen LogP contribution in [0.5, 0.6) is 0 Å². The predicted molar refractivity (Wildman–Crippen MR) is 70.1 cm³/mol. The van der Waals surface area contributed by atoms with Gasteiger partial charge in [-0.1, -0.05) is 6.07 Å². The number of aromatic nitrogens is 2. The van der Waals surface area contributed by atoms with Gasteiger partial charge in [-0.3, -0.25) is 0 Å². The fourth-order valence-electron chi connectivity index (χ4n) is 1.56. The van der Waals surface area contributed by atoms with Gasteiger partial charge in [0.25, 0.3) is 11.8 Å². The lowest BCUT2D eigenvalue weighted by Crippen LogP contribution is -2.08. The third-order valence-electron chi connectivity index (χ3n) is 2.53. The number of nitrogens with zero attached hydrogens (tertiary/aromatic N) is 2. The lowest BCUT2D eigenvalue weighted by Gasteiger charge is -2.07. The average Bonchev–Trinajstić information content (AvgIpc) is 3.19. The Labute approximate surface area is 118 Å². The maximum absolute atomic E-state index is 11.7. The van der Waals surface area contributed by atoms with Gasteiger partial charge in [-0.05, 0) is 30.5 Å². The van der Waals surface area contributed by atoms with Crippen LogP contribution in [0.1, 0.15) is 29.5 Å². The number of hydrogen-bond donors (Lipinski definition) is 0. The SMILES string of the molecule is C[C@@H](OC(=O)c1ccco1)c1nnc(-c2cccs2)o1. The zero-order valence-corrected chi connectivity index (χ0v) is 11.3. The van der Waals surface area contributed by atoms with Crippen LogP contribution >= 0.6 is 11.3 Å². The van der Waals surface area contributed by atoms with E-state index in [0.29, 0.717) is 5.89 Å². The van der Waals surface area contributed by atoms with Gasteiger partial charge in [-0.2, -0.15) is 0 Å². The van der Waals surface area contributed by atoms with Crippen LogP contribution in [0.2, 0.25) is 0 Å². The summed E-state index contributed by atoms with van der Waals surface area (Å²) in [6.07, 6.45) is 0.761. The monoisotopic (exact) mass is 290 g/mol. The Morgan fingerprint density at radius 1 is 1.35 bits per heavy atom. The zero-order chi connectivity index (χ0) is 13.9. The topological polar surface area (TPSA) is 78.4 Å². The fraction of sp³-hybridized carbons (Fsp3) is 0.154. The number of thiophene rings is 1. The molecule has 1 atom stereocenters. The normalized spacial score (nSPS) is 12.2. The number of carbonyl (C=O) groups is 1. The van der Waals surface area contributed by atoms with Crippen LogP contribution in [0.15, 0.2) is 44.7 Å². The molecule has 0 aliphatic heterocycles. The standard InChI is InChI=1S/C13H10N2O4S/c1-8(18-13(16)9-4-2-6-17-9)11-14-15-12(19-11)10-5-3-7-20-10/h2-8H,1H3/t8-/m1/s1. The van der Waals surface area contributed by atoms with Crippen molar-refractivity contribution in [1.29, 1.82) is 0 Å². The molecule has 3 aromatic rings. The summed E-state index contributed by atoms with van der Waals surface area (Å²) >= 11 is 1.49. The van der Waals surface area contributed by atoms with Crippen molar-refractivity contribution < 1.29 is 18.4 Å². The van der Waals surface area contributed by atoms with E-state index in [-0.39, 0.29) is 11.7 Å². The van der Waals surface area contributed by atoms with E-state index in [2.05, 4.69) is 10.2 Å². The highest BCUT2D eigenvalue weighted by Gasteiger charge is 2.21. The van der Waals surface area contributed by atoms with Crippen molar-refractivity contribution >= 4 is 17.3 Å². The molecule has 3 rings (SSSR count). The third kappa shape index (κ3) is 2.48.